The van der Waals surface area contributed by atoms with E-state index in [9.17, 15) is 4.79 Å². The first-order valence-electron chi connectivity index (χ1n) is 4.57. The number of carbonyl (C=O) groups is 1. The van der Waals surface area contributed by atoms with Crippen LogP contribution in [-0.4, -0.2) is 12.8 Å². The fourth-order valence-corrected chi connectivity index (χ4v) is 1.42. The molecule has 1 aromatic carbocycles. The van der Waals surface area contributed by atoms with Crippen LogP contribution in [0.25, 0.3) is 0 Å². The molecule has 0 spiro atoms. The molecule has 0 aromatic heterocycles. The van der Waals surface area contributed by atoms with Crippen molar-refractivity contribution in [3.63, 3.8) is 0 Å². The van der Waals surface area contributed by atoms with Crippen molar-refractivity contribution in [2.75, 3.05) is 6.54 Å². The van der Waals surface area contributed by atoms with Crippen LogP contribution in [0.2, 0.25) is 0 Å². The van der Waals surface area contributed by atoms with Gasteiger partial charge in [-0.2, -0.15) is 0 Å². The van der Waals surface area contributed by atoms with Crippen LogP contribution in [0.5, 0.6) is 0 Å². The van der Waals surface area contributed by atoms with Crippen molar-refractivity contribution in [3.8, 4) is 0 Å². The zero-order chi connectivity index (χ0) is 9.52. The Hall–Kier alpha value is -1.15. The zero-order valence-electron chi connectivity index (χ0n) is 7.65. The first-order chi connectivity index (χ1) is 6.38. The molecule has 0 bridgehead atoms. The van der Waals surface area contributed by atoms with Crippen molar-refractivity contribution in [1.29, 1.82) is 0 Å². The summed E-state index contributed by atoms with van der Waals surface area (Å²) in [7, 11) is 0. The molecule has 2 heteroatoms. The minimum Gasteiger partial charge on any atom is -0.330 e. The second-order valence-electron chi connectivity index (χ2n) is 3.09. The molecule has 0 aliphatic carbocycles. The van der Waals surface area contributed by atoms with Gasteiger partial charge in [0.15, 0.2) is 0 Å². The van der Waals surface area contributed by atoms with Gasteiger partial charge in [-0.25, -0.2) is 0 Å². The van der Waals surface area contributed by atoms with Crippen LogP contribution < -0.4 is 5.73 Å². The summed E-state index contributed by atoms with van der Waals surface area (Å²) in [5.74, 6) is 0.325. The van der Waals surface area contributed by atoms with Crippen molar-refractivity contribution in [2.24, 2.45) is 5.73 Å². The minimum atomic E-state index is 0.325. The molecule has 2 nitrogen and oxygen atoms in total. The Labute approximate surface area is 78.8 Å². The molecule has 2 N–H and O–H groups in total. The highest BCUT2D eigenvalue weighted by Crippen LogP contribution is 2.18. The number of aldehydes is 1. The van der Waals surface area contributed by atoms with E-state index in [0.717, 1.165) is 12.7 Å². The highest BCUT2D eigenvalue weighted by atomic mass is 16.1. The second-order valence-corrected chi connectivity index (χ2v) is 3.09. The van der Waals surface area contributed by atoms with Gasteiger partial charge in [0, 0.05) is 6.42 Å². The van der Waals surface area contributed by atoms with Gasteiger partial charge in [0.05, 0.1) is 0 Å². The predicted molar refractivity (Wildman–Crippen MR) is 53.5 cm³/mol. The molecule has 0 amide bonds. The van der Waals surface area contributed by atoms with Crippen LogP contribution in [0.15, 0.2) is 30.3 Å². The van der Waals surface area contributed by atoms with Crippen molar-refractivity contribution < 1.29 is 4.79 Å². The van der Waals surface area contributed by atoms with Gasteiger partial charge in [-0.3, -0.25) is 0 Å². The Bertz CT molecular complexity index is 246. The van der Waals surface area contributed by atoms with Crippen molar-refractivity contribution >= 4 is 6.29 Å². The monoisotopic (exact) mass is 177 g/mol. The van der Waals surface area contributed by atoms with Crippen molar-refractivity contribution in [3.05, 3.63) is 35.9 Å². The van der Waals surface area contributed by atoms with E-state index >= 15 is 0 Å². The lowest BCUT2D eigenvalue weighted by Gasteiger charge is -2.12. The maximum atomic E-state index is 10.2. The minimum absolute atomic E-state index is 0.325. The summed E-state index contributed by atoms with van der Waals surface area (Å²) in [6, 6.07) is 10.1. The van der Waals surface area contributed by atoms with E-state index in [1.165, 1.54) is 5.56 Å². The molecule has 0 radical (unpaired) electrons. The molecule has 0 saturated heterocycles. The van der Waals surface area contributed by atoms with Crippen LogP contribution in [0, 0.1) is 0 Å². The van der Waals surface area contributed by atoms with Gasteiger partial charge in [0.25, 0.3) is 0 Å². The van der Waals surface area contributed by atoms with E-state index in [2.05, 4.69) is 12.1 Å². The van der Waals surface area contributed by atoms with E-state index in [1.807, 2.05) is 18.2 Å². The van der Waals surface area contributed by atoms with Crippen LogP contribution >= 0.6 is 0 Å². The third-order valence-electron chi connectivity index (χ3n) is 2.19. The molecule has 0 heterocycles. The summed E-state index contributed by atoms with van der Waals surface area (Å²) in [5.41, 5.74) is 6.86. The lowest BCUT2D eigenvalue weighted by atomic mass is 9.95. The topological polar surface area (TPSA) is 43.1 Å². The Balaban J connectivity index is 2.61. The summed E-state index contributed by atoms with van der Waals surface area (Å²) in [5, 5.41) is 0. The predicted octanol–water partition coefficient (Wildman–Crippen LogP) is 1.71. The molecular weight excluding hydrogens is 162 g/mol. The number of hydrogen-bond donors (Lipinski definition) is 1. The van der Waals surface area contributed by atoms with E-state index in [-0.39, 0.29) is 0 Å². The van der Waals surface area contributed by atoms with E-state index < -0.39 is 0 Å². The molecule has 70 valence electrons. The van der Waals surface area contributed by atoms with Gasteiger partial charge < -0.3 is 10.5 Å². The first kappa shape index (κ1) is 9.93. The van der Waals surface area contributed by atoms with E-state index in [4.69, 9.17) is 5.73 Å². The first-order valence-corrected chi connectivity index (χ1v) is 4.57. The molecular formula is C11H15NO. The van der Waals surface area contributed by atoms with Gasteiger partial charge >= 0.3 is 0 Å². The Morgan fingerprint density at radius 2 is 2.00 bits per heavy atom. The summed E-state index contributed by atoms with van der Waals surface area (Å²) in [6.07, 6.45) is 2.40. The van der Waals surface area contributed by atoms with Crippen LogP contribution in [0.1, 0.15) is 24.3 Å². The fraction of sp³-hybridized carbons (Fsp3) is 0.364. The van der Waals surface area contributed by atoms with Gasteiger partial charge in [-0.1, -0.05) is 30.3 Å². The second kappa shape index (κ2) is 5.49. The molecule has 0 saturated carbocycles. The van der Waals surface area contributed by atoms with Crippen molar-refractivity contribution in [2.45, 2.75) is 18.8 Å². The molecule has 1 atom stereocenters. The van der Waals surface area contributed by atoms with Gasteiger partial charge in [-0.05, 0) is 24.4 Å². The number of nitrogens with two attached hydrogens (primary N) is 1. The normalized spacial score (nSPS) is 12.4. The molecule has 0 aliphatic rings. The Morgan fingerprint density at radius 1 is 1.31 bits per heavy atom. The molecule has 0 aliphatic heterocycles. The van der Waals surface area contributed by atoms with Gasteiger partial charge in [0.2, 0.25) is 0 Å². The number of hydrogen-bond acceptors (Lipinski definition) is 2. The van der Waals surface area contributed by atoms with Crippen LogP contribution in [0.4, 0.5) is 0 Å². The summed E-state index contributed by atoms with van der Waals surface area (Å²) < 4.78 is 0. The van der Waals surface area contributed by atoms with Crippen LogP contribution in [-0.2, 0) is 4.79 Å². The summed E-state index contributed by atoms with van der Waals surface area (Å²) in [4.78, 5) is 10.2. The highest BCUT2D eigenvalue weighted by molar-refractivity contribution is 5.49. The Kier molecular flexibility index (Phi) is 4.19. The van der Waals surface area contributed by atoms with Crippen LogP contribution in [0.3, 0.4) is 0 Å². The molecule has 0 fully saturated rings. The third-order valence-corrected chi connectivity index (χ3v) is 2.19. The van der Waals surface area contributed by atoms with E-state index in [0.29, 0.717) is 18.9 Å². The van der Waals surface area contributed by atoms with Gasteiger partial charge in [0.1, 0.15) is 6.29 Å². The maximum Gasteiger partial charge on any atom is 0.120 e. The average molecular weight is 177 g/mol. The number of rotatable bonds is 5. The lowest BCUT2D eigenvalue weighted by molar-refractivity contribution is -0.108. The smallest absolute Gasteiger partial charge is 0.120 e. The van der Waals surface area contributed by atoms with Gasteiger partial charge in [-0.15, -0.1) is 0 Å². The zero-order valence-corrected chi connectivity index (χ0v) is 7.65. The molecule has 1 unspecified atom stereocenters. The standard InChI is InChI=1S/C11H15NO/c12-9-11(7-4-8-13)10-5-2-1-3-6-10/h1-3,5-6,8,11H,4,7,9,12H2. The van der Waals surface area contributed by atoms with Crippen molar-refractivity contribution in [1.82, 2.24) is 0 Å². The number of benzene rings is 1. The maximum absolute atomic E-state index is 10.2. The molecule has 1 rings (SSSR count). The number of carbonyl (C=O) groups excluding carboxylic acids is 1. The average Bonchev–Trinajstić information content (AvgIpc) is 2.21. The fourth-order valence-electron chi connectivity index (χ4n) is 1.42. The third kappa shape index (κ3) is 2.99. The largest absolute Gasteiger partial charge is 0.330 e. The quantitative estimate of drug-likeness (QED) is 0.696. The Morgan fingerprint density at radius 3 is 2.54 bits per heavy atom. The summed E-state index contributed by atoms with van der Waals surface area (Å²) >= 11 is 0. The SMILES string of the molecule is NCC(CCC=O)c1ccccc1. The molecule has 13 heavy (non-hydrogen) atoms. The van der Waals surface area contributed by atoms with E-state index in [1.54, 1.807) is 0 Å². The highest BCUT2D eigenvalue weighted by Gasteiger charge is 2.07. The summed E-state index contributed by atoms with van der Waals surface area (Å²) in [6.45, 7) is 0.609. The lowest BCUT2D eigenvalue weighted by Crippen LogP contribution is -2.12. The molecule has 1 aromatic rings.